The summed E-state index contributed by atoms with van der Waals surface area (Å²) >= 11 is 0. The van der Waals surface area contributed by atoms with Crippen LogP contribution in [-0.4, -0.2) is 42.5 Å². The van der Waals surface area contributed by atoms with Crippen LogP contribution in [0.2, 0.25) is 18.1 Å². The first kappa shape index (κ1) is 21.4. The second kappa shape index (κ2) is 8.59. The Morgan fingerprint density at radius 3 is 2.54 bits per heavy atom. The van der Waals surface area contributed by atoms with Crippen molar-refractivity contribution in [1.82, 2.24) is 15.0 Å². The number of hydroxylamine groups is 2. The lowest BCUT2D eigenvalue weighted by Gasteiger charge is -2.38. The van der Waals surface area contributed by atoms with Gasteiger partial charge in [-0.1, -0.05) is 20.8 Å². The summed E-state index contributed by atoms with van der Waals surface area (Å²) in [6.45, 7) is 12.8. The normalized spacial score (nSPS) is 26.5. The number of hydrogen-bond acceptors (Lipinski definition) is 5. The summed E-state index contributed by atoms with van der Waals surface area (Å²) in [5, 5.41) is 1.81. The van der Waals surface area contributed by atoms with E-state index in [0.29, 0.717) is 12.5 Å². The van der Waals surface area contributed by atoms with Crippen LogP contribution in [0.4, 0.5) is 0 Å². The Morgan fingerprint density at radius 2 is 1.93 bits per heavy atom. The van der Waals surface area contributed by atoms with Gasteiger partial charge in [0.25, 0.3) is 0 Å². The SMILES string of the molecule is CC(C)(C)[Si](C)(C)OCC1CCC(C(=O)N2OCC[C@H]2c2cnccn2)CC1. The summed E-state index contributed by atoms with van der Waals surface area (Å²) in [5.41, 5.74) is 0.810. The van der Waals surface area contributed by atoms with Gasteiger partial charge < -0.3 is 4.43 Å². The molecule has 1 saturated heterocycles. The topological polar surface area (TPSA) is 64.5 Å². The Hall–Kier alpha value is -1.31. The van der Waals surface area contributed by atoms with Crippen molar-refractivity contribution >= 4 is 14.2 Å². The van der Waals surface area contributed by atoms with Gasteiger partial charge in [0.05, 0.1) is 18.5 Å². The Kier molecular flexibility index (Phi) is 6.57. The van der Waals surface area contributed by atoms with Gasteiger partial charge in [-0.25, -0.2) is 5.06 Å². The minimum absolute atomic E-state index is 0.0430. The van der Waals surface area contributed by atoms with E-state index in [1.165, 1.54) is 0 Å². The second-order valence-electron chi connectivity index (χ2n) is 9.72. The molecule has 2 aliphatic rings. The molecule has 1 aliphatic carbocycles. The van der Waals surface area contributed by atoms with Crippen LogP contribution in [0.3, 0.4) is 0 Å². The van der Waals surface area contributed by atoms with Crippen LogP contribution in [-0.2, 0) is 14.1 Å². The summed E-state index contributed by atoms with van der Waals surface area (Å²) in [4.78, 5) is 27.3. The van der Waals surface area contributed by atoms with Gasteiger partial charge in [-0.3, -0.25) is 19.6 Å². The quantitative estimate of drug-likeness (QED) is 0.674. The highest BCUT2D eigenvalue weighted by atomic mass is 28.4. The van der Waals surface area contributed by atoms with Crippen LogP contribution in [0, 0.1) is 11.8 Å². The standard InChI is InChI=1S/C21H35N3O3Si/c1-21(2,3)28(4,5)27-15-16-6-8-17(9-7-16)20(25)24-19(10-13-26-24)18-14-22-11-12-23-18/h11-12,14,16-17,19H,6-10,13,15H2,1-5H3/t16?,17?,19-/m0/s1. The third-order valence-electron chi connectivity index (χ3n) is 6.73. The third-order valence-corrected chi connectivity index (χ3v) is 11.2. The molecule has 1 amide bonds. The predicted molar refractivity (Wildman–Crippen MR) is 111 cm³/mol. The van der Waals surface area contributed by atoms with Crippen molar-refractivity contribution < 1.29 is 14.1 Å². The molecule has 156 valence electrons. The van der Waals surface area contributed by atoms with Crippen molar-refractivity contribution in [3.63, 3.8) is 0 Å². The van der Waals surface area contributed by atoms with Gasteiger partial charge in [-0.15, -0.1) is 0 Å². The second-order valence-corrected chi connectivity index (χ2v) is 14.5. The molecule has 0 bridgehead atoms. The average molecular weight is 406 g/mol. The van der Waals surface area contributed by atoms with Gasteiger partial charge in [0.15, 0.2) is 8.32 Å². The molecule has 6 nitrogen and oxygen atoms in total. The molecule has 1 aliphatic heterocycles. The van der Waals surface area contributed by atoms with E-state index < -0.39 is 8.32 Å². The van der Waals surface area contributed by atoms with Crippen molar-refractivity contribution in [3.8, 4) is 0 Å². The lowest BCUT2D eigenvalue weighted by atomic mass is 9.82. The first-order chi connectivity index (χ1) is 13.2. The fourth-order valence-corrected chi connectivity index (χ4v) is 4.82. The van der Waals surface area contributed by atoms with E-state index in [-0.39, 0.29) is 22.9 Å². The van der Waals surface area contributed by atoms with Gasteiger partial charge in [0.2, 0.25) is 5.91 Å². The van der Waals surface area contributed by atoms with Crippen molar-refractivity contribution in [1.29, 1.82) is 0 Å². The maximum Gasteiger partial charge on any atom is 0.249 e. The van der Waals surface area contributed by atoms with Crippen molar-refractivity contribution in [2.75, 3.05) is 13.2 Å². The summed E-state index contributed by atoms with van der Waals surface area (Å²) in [6.07, 6.45) is 9.76. The fraction of sp³-hybridized carbons (Fsp3) is 0.762. The largest absolute Gasteiger partial charge is 0.417 e. The highest BCUT2D eigenvalue weighted by Crippen LogP contribution is 2.39. The summed E-state index contributed by atoms with van der Waals surface area (Å²) in [7, 11) is -1.70. The number of aromatic nitrogens is 2. The van der Waals surface area contributed by atoms with Crippen LogP contribution in [0.5, 0.6) is 0 Å². The van der Waals surface area contributed by atoms with E-state index in [0.717, 1.165) is 44.4 Å². The van der Waals surface area contributed by atoms with Crippen molar-refractivity contribution in [3.05, 3.63) is 24.3 Å². The zero-order valence-corrected chi connectivity index (χ0v) is 19.0. The fourth-order valence-electron chi connectivity index (χ4n) is 3.74. The van der Waals surface area contributed by atoms with Gasteiger partial charge >= 0.3 is 0 Å². The zero-order chi connectivity index (χ0) is 20.4. The highest BCUT2D eigenvalue weighted by molar-refractivity contribution is 6.74. The molecule has 1 atom stereocenters. The van der Waals surface area contributed by atoms with E-state index in [1.54, 1.807) is 23.7 Å². The lowest BCUT2D eigenvalue weighted by Crippen LogP contribution is -2.42. The summed E-state index contributed by atoms with van der Waals surface area (Å²) in [5.74, 6) is 0.715. The first-order valence-corrected chi connectivity index (χ1v) is 13.5. The van der Waals surface area contributed by atoms with Gasteiger partial charge in [0, 0.05) is 31.3 Å². The molecule has 2 fully saturated rings. The maximum atomic E-state index is 13.1. The number of rotatable bonds is 5. The summed E-state index contributed by atoms with van der Waals surface area (Å²) in [6, 6.07) is -0.110. The molecule has 7 heteroatoms. The Balaban J connectivity index is 1.51. The van der Waals surface area contributed by atoms with Crippen LogP contribution in [0.15, 0.2) is 18.6 Å². The Labute approximate surface area is 170 Å². The molecule has 1 aromatic heterocycles. The number of amides is 1. The third kappa shape index (κ3) is 4.81. The molecule has 1 aromatic rings. The van der Waals surface area contributed by atoms with E-state index in [1.807, 2.05) is 0 Å². The van der Waals surface area contributed by atoms with E-state index in [4.69, 9.17) is 9.26 Å². The van der Waals surface area contributed by atoms with E-state index in [9.17, 15) is 4.79 Å². The van der Waals surface area contributed by atoms with Crippen LogP contribution < -0.4 is 0 Å². The molecular formula is C21H35N3O3Si. The minimum Gasteiger partial charge on any atom is -0.417 e. The zero-order valence-electron chi connectivity index (χ0n) is 18.0. The molecular weight excluding hydrogens is 370 g/mol. The number of carbonyl (C=O) groups is 1. The first-order valence-electron chi connectivity index (χ1n) is 10.5. The molecule has 28 heavy (non-hydrogen) atoms. The number of nitrogens with zero attached hydrogens (tertiary/aromatic N) is 3. The Morgan fingerprint density at radius 1 is 1.21 bits per heavy atom. The highest BCUT2D eigenvalue weighted by Gasteiger charge is 2.40. The number of hydrogen-bond donors (Lipinski definition) is 0. The van der Waals surface area contributed by atoms with Gasteiger partial charge in [-0.05, 0) is 49.7 Å². The molecule has 0 aromatic carbocycles. The minimum atomic E-state index is -1.70. The van der Waals surface area contributed by atoms with E-state index in [2.05, 4.69) is 43.8 Å². The van der Waals surface area contributed by atoms with Crippen molar-refractivity contribution in [2.24, 2.45) is 11.8 Å². The molecule has 0 unspecified atom stereocenters. The van der Waals surface area contributed by atoms with Crippen LogP contribution in [0.25, 0.3) is 0 Å². The molecule has 1 saturated carbocycles. The maximum absolute atomic E-state index is 13.1. The smallest absolute Gasteiger partial charge is 0.249 e. The summed E-state index contributed by atoms with van der Waals surface area (Å²) < 4.78 is 6.41. The van der Waals surface area contributed by atoms with E-state index >= 15 is 0 Å². The Bertz CT molecular complexity index is 655. The molecule has 0 radical (unpaired) electrons. The lowest BCUT2D eigenvalue weighted by molar-refractivity contribution is -0.183. The number of carbonyl (C=O) groups excluding carboxylic acids is 1. The van der Waals surface area contributed by atoms with Gasteiger partial charge in [-0.2, -0.15) is 0 Å². The molecule has 2 heterocycles. The molecule has 3 rings (SSSR count). The molecule has 0 spiro atoms. The monoisotopic (exact) mass is 405 g/mol. The van der Waals surface area contributed by atoms with Crippen molar-refractivity contribution in [2.45, 2.75) is 77.0 Å². The van der Waals surface area contributed by atoms with Crippen LogP contribution in [0.1, 0.15) is 64.6 Å². The van der Waals surface area contributed by atoms with Crippen LogP contribution >= 0.6 is 0 Å². The average Bonchev–Trinajstić information content (AvgIpc) is 3.16. The molecule has 0 N–H and O–H groups in total. The predicted octanol–water partition coefficient (Wildman–Crippen LogP) is 4.51. The van der Waals surface area contributed by atoms with Gasteiger partial charge in [0.1, 0.15) is 6.04 Å².